The van der Waals surface area contributed by atoms with Crippen LogP contribution in [0.1, 0.15) is 29.2 Å². The van der Waals surface area contributed by atoms with Crippen LogP contribution in [0.15, 0.2) is 22.0 Å². The van der Waals surface area contributed by atoms with Crippen molar-refractivity contribution in [1.29, 1.82) is 0 Å². The number of hydrazine groups is 1. The SMILES string of the molecule is CCc1cc(CC(NN)c2cc(Br)cs2)n(C)n1. The Hall–Kier alpha value is -0.690. The fourth-order valence-corrected chi connectivity index (χ4v) is 3.40. The number of nitrogens with zero attached hydrogens (tertiary/aromatic N) is 2. The van der Waals surface area contributed by atoms with E-state index in [1.807, 2.05) is 11.7 Å². The second-order valence-electron chi connectivity index (χ2n) is 4.19. The molecule has 1 atom stereocenters. The number of hydrogen-bond donors (Lipinski definition) is 2. The molecule has 1 unspecified atom stereocenters. The zero-order valence-corrected chi connectivity index (χ0v) is 12.9. The van der Waals surface area contributed by atoms with Crippen LogP contribution in [0, 0.1) is 0 Å². The van der Waals surface area contributed by atoms with Crippen molar-refractivity contribution in [3.8, 4) is 0 Å². The van der Waals surface area contributed by atoms with E-state index in [9.17, 15) is 0 Å². The molecular weight excluding hydrogens is 312 g/mol. The first-order valence-electron chi connectivity index (χ1n) is 5.86. The minimum absolute atomic E-state index is 0.126. The van der Waals surface area contributed by atoms with Crippen molar-refractivity contribution in [3.63, 3.8) is 0 Å². The van der Waals surface area contributed by atoms with Crippen molar-refractivity contribution < 1.29 is 0 Å². The predicted octanol–water partition coefficient (Wildman–Crippen LogP) is 2.55. The van der Waals surface area contributed by atoms with Gasteiger partial charge in [-0.3, -0.25) is 16.0 Å². The summed E-state index contributed by atoms with van der Waals surface area (Å²) >= 11 is 5.17. The number of aryl methyl sites for hydroxylation is 2. The molecule has 0 radical (unpaired) electrons. The molecule has 6 heteroatoms. The smallest absolute Gasteiger partial charge is 0.0624 e. The topological polar surface area (TPSA) is 55.9 Å². The number of hydrogen-bond acceptors (Lipinski definition) is 4. The lowest BCUT2D eigenvalue weighted by Gasteiger charge is -2.13. The first-order chi connectivity index (χ1) is 8.63. The van der Waals surface area contributed by atoms with Crippen LogP contribution in [0.3, 0.4) is 0 Å². The maximum atomic E-state index is 5.66. The number of nitrogens with one attached hydrogen (secondary N) is 1. The van der Waals surface area contributed by atoms with Gasteiger partial charge in [0.1, 0.15) is 0 Å². The largest absolute Gasteiger partial charge is 0.272 e. The van der Waals surface area contributed by atoms with E-state index < -0.39 is 0 Å². The maximum absolute atomic E-state index is 5.66. The fraction of sp³-hybridized carbons (Fsp3) is 0.417. The molecule has 0 aromatic carbocycles. The predicted molar refractivity (Wildman–Crippen MR) is 78.4 cm³/mol. The van der Waals surface area contributed by atoms with Gasteiger partial charge in [0.15, 0.2) is 0 Å². The van der Waals surface area contributed by atoms with Crippen molar-refractivity contribution >= 4 is 27.3 Å². The lowest BCUT2D eigenvalue weighted by atomic mass is 10.1. The Bertz CT molecular complexity index is 520. The van der Waals surface area contributed by atoms with Gasteiger partial charge in [0.05, 0.1) is 11.7 Å². The highest BCUT2D eigenvalue weighted by molar-refractivity contribution is 9.10. The monoisotopic (exact) mass is 328 g/mol. The highest BCUT2D eigenvalue weighted by atomic mass is 79.9. The molecule has 0 saturated heterocycles. The molecule has 3 N–H and O–H groups in total. The second kappa shape index (κ2) is 5.97. The zero-order chi connectivity index (χ0) is 13.1. The van der Waals surface area contributed by atoms with Gasteiger partial charge in [-0.15, -0.1) is 11.3 Å². The number of thiophene rings is 1. The Kier molecular flexibility index (Phi) is 4.55. The van der Waals surface area contributed by atoms with Crippen molar-refractivity contribution in [3.05, 3.63) is 38.3 Å². The summed E-state index contributed by atoms with van der Waals surface area (Å²) in [5.74, 6) is 5.66. The number of aromatic nitrogens is 2. The van der Waals surface area contributed by atoms with Gasteiger partial charge in [-0.2, -0.15) is 5.10 Å². The molecule has 98 valence electrons. The van der Waals surface area contributed by atoms with Gasteiger partial charge in [0, 0.05) is 33.9 Å². The third kappa shape index (κ3) is 3.00. The first-order valence-corrected chi connectivity index (χ1v) is 7.53. The lowest BCUT2D eigenvalue weighted by molar-refractivity contribution is 0.537. The van der Waals surface area contributed by atoms with E-state index in [2.05, 4.69) is 50.9 Å². The highest BCUT2D eigenvalue weighted by Gasteiger charge is 2.15. The molecule has 0 aliphatic heterocycles. The van der Waals surface area contributed by atoms with Crippen LogP contribution < -0.4 is 11.3 Å². The maximum Gasteiger partial charge on any atom is 0.0624 e. The van der Waals surface area contributed by atoms with Gasteiger partial charge in [-0.1, -0.05) is 6.92 Å². The summed E-state index contributed by atoms with van der Waals surface area (Å²) in [6.07, 6.45) is 1.80. The zero-order valence-electron chi connectivity index (χ0n) is 10.5. The molecule has 0 amide bonds. The Morgan fingerprint density at radius 3 is 2.83 bits per heavy atom. The molecule has 2 aromatic heterocycles. The molecule has 2 aromatic rings. The molecule has 0 fully saturated rings. The quantitative estimate of drug-likeness (QED) is 0.655. The van der Waals surface area contributed by atoms with Crippen molar-refractivity contribution in [2.45, 2.75) is 25.8 Å². The molecule has 2 heterocycles. The van der Waals surface area contributed by atoms with Crippen LogP contribution in [0.5, 0.6) is 0 Å². The molecule has 18 heavy (non-hydrogen) atoms. The van der Waals surface area contributed by atoms with Gasteiger partial charge >= 0.3 is 0 Å². The van der Waals surface area contributed by atoms with Crippen molar-refractivity contribution in [1.82, 2.24) is 15.2 Å². The standard InChI is InChI=1S/C12H17BrN4S/c1-3-9-5-10(17(2)16-9)6-11(15-14)12-4-8(13)7-18-12/h4-5,7,11,15H,3,6,14H2,1-2H3. The fourth-order valence-electron chi connectivity index (χ4n) is 1.90. The van der Waals surface area contributed by atoms with E-state index in [1.165, 1.54) is 10.6 Å². The van der Waals surface area contributed by atoms with Gasteiger partial charge in [0.25, 0.3) is 0 Å². The molecule has 0 spiro atoms. The van der Waals surface area contributed by atoms with Gasteiger partial charge in [-0.25, -0.2) is 0 Å². The van der Waals surface area contributed by atoms with E-state index in [1.54, 1.807) is 11.3 Å². The lowest BCUT2D eigenvalue weighted by Crippen LogP contribution is -2.29. The van der Waals surface area contributed by atoms with E-state index in [-0.39, 0.29) is 6.04 Å². The Morgan fingerprint density at radius 1 is 1.56 bits per heavy atom. The summed E-state index contributed by atoms with van der Waals surface area (Å²) in [7, 11) is 1.98. The summed E-state index contributed by atoms with van der Waals surface area (Å²) in [4.78, 5) is 1.23. The normalized spacial score (nSPS) is 12.9. The summed E-state index contributed by atoms with van der Waals surface area (Å²) in [6, 6.07) is 4.38. The Labute approximate surface area is 119 Å². The summed E-state index contributed by atoms with van der Waals surface area (Å²) in [6.45, 7) is 2.11. The molecule has 2 rings (SSSR count). The van der Waals surface area contributed by atoms with Gasteiger partial charge in [0.2, 0.25) is 0 Å². The summed E-state index contributed by atoms with van der Waals surface area (Å²) < 4.78 is 3.04. The second-order valence-corrected chi connectivity index (χ2v) is 6.05. The van der Waals surface area contributed by atoms with E-state index in [4.69, 9.17) is 5.84 Å². The average molecular weight is 329 g/mol. The van der Waals surface area contributed by atoms with Crippen LogP contribution in [0.25, 0.3) is 0 Å². The van der Waals surface area contributed by atoms with E-state index in [0.29, 0.717) is 0 Å². The third-order valence-corrected chi connectivity index (χ3v) is 4.74. The van der Waals surface area contributed by atoms with Crippen molar-refractivity contribution in [2.75, 3.05) is 0 Å². The van der Waals surface area contributed by atoms with Crippen LogP contribution in [0.2, 0.25) is 0 Å². The summed E-state index contributed by atoms with van der Waals surface area (Å²) in [5.41, 5.74) is 5.20. The number of nitrogens with two attached hydrogens (primary N) is 1. The molecule has 0 bridgehead atoms. The van der Waals surface area contributed by atoms with Crippen LogP contribution in [0.4, 0.5) is 0 Å². The highest BCUT2D eigenvalue weighted by Crippen LogP contribution is 2.27. The van der Waals surface area contributed by atoms with Gasteiger partial charge < -0.3 is 0 Å². The van der Waals surface area contributed by atoms with Crippen LogP contribution in [-0.2, 0) is 19.9 Å². The number of rotatable bonds is 5. The summed E-state index contributed by atoms with van der Waals surface area (Å²) in [5, 5.41) is 6.53. The Balaban J connectivity index is 2.17. The molecule has 4 nitrogen and oxygen atoms in total. The molecular formula is C12H17BrN4S. The van der Waals surface area contributed by atoms with Crippen molar-refractivity contribution in [2.24, 2.45) is 12.9 Å². The average Bonchev–Trinajstić information content (AvgIpc) is 2.93. The third-order valence-electron chi connectivity index (χ3n) is 2.94. The van der Waals surface area contributed by atoms with E-state index in [0.717, 1.165) is 23.0 Å². The Morgan fingerprint density at radius 2 is 2.33 bits per heavy atom. The molecule has 0 saturated carbocycles. The first kappa shape index (κ1) is 13.7. The number of halogens is 1. The minimum Gasteiger partial charge on any atom is -0.272 e. The van der Waals surface area contributed by atoms with E-state index >= 15 is 0 Å². The van der Waals surface area contributed by atoms with Crippen LogP contribution >= 0.6 is 27.3 Å². The molecule has 0 aliphatic carbocycles. The minimum atomic E-state index is 0.126. The van der Waals surface area contributed by atoms with Gasteiger partial charge in [-0.05, 0) is 34.5 Å². The molecule has 0 aliphatic rings. The van der Waals surface area contributed by atoms with Crippen LogP contribution in [-0.4, -0.2) is 9.78 Å².